The van der Waals surface area contributed by atoms with Crippen molar-refractivity contribution >= 4 is 28.7 Å². The molecule has 1 fully saturated rings. The summed E-state index contributed by atoms with van der Waals surface area (Å²) in [7, 11) is 0. The van der Waals surface area contributed by atoms with Crippen molar-refractivity contribution in [3.63, 3.8) is 0 Å². The summed E-state index contributed by atoms with van der Waals surface area (Å²) in [6.07, 6.45) is 8.67. The molecule has 0 unspecified atom stereocenters. The molecule has 11 heteroatoms. The van der Waals surface area contributed by atoms with Crippen molar-refractivity contribution in [1.29, 1.82) is 0 Å². The number of pyridine rings is 1. The zero-order chi connectivity index (χ0) is 23.8. The number of hydrogen-bond donors (Lipinski definition) is 2. The average molecular weight is 477 g/mol. The quantitative estimate of drug-likeness (QED) is 0.382. The van der Waals surface area contributed by atoms with E-state index in [1.165, 1.54) is 6.33 Å². The molecule has 4 aromatic heterocycles. The average Bonchev–Trinajstić information content (AvgIpc) is 3.68. The highest BCUT2D eigenvalue weighted by atomic mass is 32.2. The second kappa shape index (κ2) is 8.98. The number of thioether (sulfide) groups is 1. The lowest BCUT2D eigenvalue weighted by Crippen LogP contribution is -2.27. The first-order valence-electron chi connectivity index (χ1n) is 11.0. The lowest BCUT2D eigenvalue weighted by molar-refractivity contribution is 0.452. The van der Waals surface area contributed by atoms with Gasteiger partial charge in [0.05, 0.1) is 16.9 Å². The van der Waals surface area contributed by atoms with Gasteiger partial charge in [0.25, 0.3) is 5.56 Å². The maximum Gasteiger partial charge on any atom is 0.295 e. The van der Waals surface area contributed by atoms with Gasteiger partial charge in [0.15, 0.2) is 17.3 Å². The van der Waals surface area contributed by atoms with Crippen molar-refractivity contribution in [3.05, 3.63) is 52.5 Å². The Kier molecular flexibility index (Phi) is 5.86. The molecular weight excluding hydrogens is 452 g/mol. The first-order valence-corrected chi connectivity index (χ1v) is 12.2. The molecule has 0 aliphatic heterocycles. The highest BCUT2D eigenvalue weighted by Crippen LogP contribution is 2.44. The molecule has 1 saturated carbocycles. The van der Waals surface area contributed by atoms with Gasteiger partial charge in [-0.1, -0.05) is 6.07 Å². The Balaban J connectivity index is 1.56. The number of nitrogens with one attached hydrogen (secondary N) is 1. The van der Waals surface area contributed by atoms with E-state index in [4.69, 9.17) is 0 Å². The highest BCUT2D eigenvalue weighted by Gasteiger charge is 2.31. The van der Waals surface area contributed by atoms with Crippen molar-refractivity contribution in [2.24, 2.45) is 0 Å². The molecule has 0 atom stereocenters. The minimum atomic E-state index is -0.281. The first kappa shape index (κ1) is 22.2. The predicted octanol–water partition coefficient (Wildman–Crippen LogP) is 3.54. The molecule has 174 valence electrons. The fourth-order valence-electron chi connectivity index (χ4n) is 3.81. The van der Waals surface area contributed by atoms with Gasteiger partial charge in [-0.2, -0.15) is 0 Å². The van der Waals surface area contributed by atoms with Crippen molar-refractivity contribution < 1.29 is 5.11 Å². The van der Waals surface area contributed by atoms with Crippen LogP contribution in [0.3, 0.4) is 0 Å². The van der Waals surface area contributed by atoms with Gasteiger partial charge in [-0.25, -0.2) is 29.9 Å². The zero-order valence-electron chi connectivity index (χ0n) is 19.1. The van der Waals surface area contributed by atoms with Crippen LogP contribution in [0.25, 0.3) is 22.6 Å². The zero-order valence-corrected chi connectivity index (χ0v) is 19.9. The van der Waals surface area contributed by atoms with E-state index in [1.807, 2.05) is 32.2 Å². The van der Waals surface area contributed by atoms with Gasteiger partial charge in [0, 0.05) is 24.7 Å². The molecule has 2 N–H and O–H groups in total. The molecule has 0 aromatic carbocycles. The van der Waals surface area contributed by atoms with Crippen LogP contribution in [-0.4, -0.2) is 45.8 Å². The van der Waals surface area contributed by atoms with E-state index in [2.05, 4.69) is 35.2 Å². The van der Waals surface area contributed by atoms with E-state index in [9.17, 15) is 9.90 Å². The maximum atomic E-state index is 13.3. The van der Waals surface area contributed by atoms with Gasteiger partial charge in [-0.15, -0.1) is 11.8 Å². The van der Waals surface area contributed by atoms with Crippen LogP contribution in [0.4, 0.5) is 5.82 Å². The standard InChI is InChI=1S/C23H24N8O2S/c1-12(2)31-21-15(29-20(23(31)33)25-9-13-4-7-16(34-3)24-8-13)10-26-19(30-21)17-18(14-5-6-14)27-11-28-22(17)32/h4,7-8,10-12,14H,5-6,9H2,1-3H3,(H,25,29)(H,27,28,32). The number of nitrogens with zero attached hydrogens (tertiary/aromatic N) is 7. The minimum Gasteiger partial charge on any atom is -0.493 e. The molecule has 0 spiro atoms. The van der Waals surface area contributed by atoms with Crippen LogP contribution in [0, 0.1) is 0 Å². The molecule has 0 radical (unpaired) electrons. The maximum absolute atomic E-state index is 13.3. The van der Waals surface area contributed by atoms with Crippen LogP contribution in [0.1, 0.15) is 49.9 Å². The van der Waals surface area contributed by atoms with E-state index < -0.39 is 0 Å². The lowest BCUT2D eigenvalue weighted by Gasteiger charge is -2.16. The molecule has 10 nitrogen and oxygen atoms in total. The Labute approximate surface area is 200 Å². The lowest BCUT2D eigenvalue weighted by atomic mass is 10.1. The van der Waals surface area contributed by atoms with E-state index in [1.54, 1.807) is 28.7 Å². The van der Waals surface area contributed by atoms with Gasteiger partial charge in [-0.05, 0) is 44.6 Å². The van der Waals surface area contributed by atoms with E-state index in [-0.39, 0.29) is 35.0 Å². The molecule has 34 heavy (non-hydrogen) atoms. The first-order chi connectivity index (χ1) is 16.5. The fraction of sp³-hybridized carbons (Fsp3) is 0.348. The Morgan fingerprint density at radius 1 is 1.15 bits per heavy atom. The molecule has 1 aliphatic rings. The Morgan fingerprint density at radius 3 is 2.65 bits per heavy atom. The molecule has 4 aromatic rings. The number of fused-ring (bicyclic) bond motifs is 1. The van der Waals surface area contributed by atoms with Gasteiger partial charge in [0.2, 0.25) is 5.88 Å². The third-order valence-electron chi connectivity index (χ3n) is 5.66. The van der Waals surface area contributed by atoms with Gasteiger partial charge in [-0.3, -0.25) is 9.36 Å². The van der Waals surface area contributed by atoms with Crippen LogP contribution in [0.2, 0.25) is 0 Å². The molecule has 0 bridgehead atoms. The number of aromatic hydroxyl groups is 1. The smallest absolute Gasteiger partial charge is 0.295 e. The Morgan fingerprint density at radius 2 is 1.97 bits per heavy atom. The normalized spacial score (nSPS) is 13.5. The minimum absolute atomic E-state index is 0.165. The van der Waals surface area contributed by atoms with E-state index >= 15 is 0 Å². The summed E-state index contributed by atoms with van der Waals surface area (Å²) in [6, 6.07) is 3.73. The third-order valence-corrected chi connectivity index (χ3v) is 6.32. The monoisotopic (exact) mass is 476 g/mol. The van der Waals surface area contributed by atoms with Gasteiger partial charge in [0.1, 0.15) is 17.4 Å². The van der Waals surface area contributed by atoms with Crippen LogP contribution in [0.15, 0.2) is 40.7 Å². The summed E-state index contributed by atoms with van der Waals surface area (Å²) >= 11 is 1.57. The van der Waals surface area contributed by atoms with Crippen molar-refractivity contribution in [3.8, 4) is 17.3 Å². The van der Waals surface area contributed by atoms with Crippen molar-refractivity contribution in [2.45, 2.75) is 50.2 Å². The summed E-state index contributed by atoms with van der Waals surface area (Å²) < 4.78 is 1.59. The van der Waals surface area contributed by atoms with E-state index in [0.717, 1.165) is 29.1 Å². The topological polar surface area (TPSA) is 132 Å². The van der Waals surface area contributed by atoms with Gasteiger partial charge >= 0.3 is 0 Å². The fourth-order valence-corrected chi connectivity index (χ4v) is 4.17. The molecule has 0 amide bonds. The van der Waals surface area contributed by atoms with Crippen LogP contribution in [-0.2, 0) is 6.54 Å². The summed E-state index contributed by atoms with van der Waals surface area (Å²) in [5.74, 6) is 0.599. The predicted molar refractivity (Wildman–Crippen MR) is 130 cm³/mol. The molecule has 1 aliphatic carbocycles. The second-order valence-corrected chi connectivity index (χ2v) is 9.25. The SMILES string of the molecule is CSc1ccc(CNc2nc3cnc(-c4c(O)ncnc4C4CC4)nc3n(C(C)C)c2=O)cn1. The molecular formula is C23H24N8O2S. The number of aromatic nitrogens is 7. The largest absolute Gasteiger partial charge is 0.493 e. The van der Waals surface area contributed by atoms with E-state index in [0.29, 0.717) is 23.3 Å². The highest BCUT2D eigenvalue weighted by molar-refractivity contribution is 7.98. The Bertz CT molecular complexity index is 1420. The number of anilines is 1. The Hall–Kier alpha value is -3.60. The second-order valence-electron chi connectivity index (χ2n) is 8.43. The molecule has 0 saturated heterocycles. The summed E-state index contributed by atoms with van der Waals surface area (Å²) in [5.41, 5.74) is 2.67. The van der Waals surface area contributed by atoms with Gasteiger partial charge < -0.3 is 10.4 Å². The number of rotatable bonds is 7. The van der Waals surface area contributed by atoms with Crippen molar-refractivity contribution in [1.82, 2.24) is 34.5 Å². The van der Waals surface area contributed by atoms with Crippen LogP contribution in [0.5, 0.6) is 5.88 Å². The van der Waals surface area contributed by atoms with Crippen LogP contribution >= 0.6 is 11.8 Å². The number of hydrogen-bond acceptors (Lipinski definition) is 10. The summed E-state index contributed by atoms with van der Waals surface area (Å²) in [5, 5.41) is 14.5. The summed E-state index contributed by atoms with van der Waals surface area (Å²) in [4.78, 5) is 39.6. The van der Waals surface area contributed by atoms with Crippen LogP contribution < -0.4 is 10.9 Å². The molecule has 5 rings (SSSR count). The van der Waals surface area contributed by atoms with Crippen molar-refractivity contribution in [2.75, 3.05) is 11.6 Å². The third kappa shape index (κ3) is 4.18. The summed E-state index contributed by atoms with van der Waals surface area (Å²) in [6.45, 7) is 4.23. The molecule has 4 heterocycles.